The van der Waals surface area contributed by atoms with Crippen LogP contribution < -0.4 is 4.65 Å². The van der Waals surface area contributed by atoms with Gasteiger partial charge in [0, 0.05) is 38.4 Å². The summed E-state index contributed by atoms with van der Waals surface area (Å²) in [4.78, 5) is 2.41. The Morgan fingerprint density at radius 1 is 0.962 bits per heavy atom. The average molecular weight is 359 g/mol. The van der Waals surface area contributed by atoms with Crippen LogP contribution in [0.2, 0.25) is 0 Å². The first-order chi connectivity index (χ1) is 12.3. The highest BCUT2D eigenvalue weighted by Crippen LogP contribution is 2.42. The molecule has 4 rings (SSSR count). The van der Waals surface area contributed by atoms with Crippen molar-refractivity contribution in [3.8, 4) is 5.75 Å². The highest BCUT2D eigenvalue weighted by atomic mass is 16.7. The molecule has 3 aliphatic rings. The first kappa shape index (κ1) is 19.7. The van der Waals surface area contributed by atoms with Crippen molar-refractivity contribution in [1.82, 2.24) is 4.90 Å². The minimum absolute atomic E-state index is 0.0292. The molecule has 2 bridgehead atoms. The SMILES string of the molecule is CCC(C)(C)c1cc2c(c(C(C)(C)CC)c1)OB1OCCN(CCO1)C2. The fourth-order valence-electron chi connectivity index (χ4n) is 3.51. The predicted octanol–water partition coefficient (Wildman–Crippen LogP) is 4.29. The van der Waals surface area contributed by atoms with E-state index in [1.165, 1.54) is 16.7 Å². The van der Waals surface area contributed by atoms with Gasteiger partial charge in [0.25, 0.3) is 0 Å². The highest BCUT2D eigenvalue weighted by Gasteiger charge is 2.35. The summed E-state index contributed by atoms with van der Waals surface area (Å²) in [6, 6.07) is 4.72. The molecule has 1 aromatic carbocycles. The van der Waals surface area contributed by atoms with E-state index in [9.17, 15) is 0 Å². The van der Waals surface area contributed by atoms with Gasteiger partial charge in [-0.05, 0) is 34.8 Å². The summed E-state index contributed by atoms with van der Waals surface area (Å²) in [5, 5.41) is 0. The molecule has 3 aliphatic heterocycles. The van der Waals surface area contributed by atoms with Crippen LogP contribution in [0.3, 0.4) is 0 Å². The normalized spacial score (nSPS) is 19.2. The summed E-state index contributed by atoms with van der Waals surface area (Å²) < 4.78 is 18.0. The van der Waals surface area contributed by atoms with Crippen molar-refractivity contribution in [3.63, 3.8) is 0 Å². The standard InChI is InChI=1S/C21H34BNO3/c1-7-20(3,4)17-13-16-15-23-9-11-24-22(25-12-10-23)26-19(16)18(14-17)21(5,6)8-2/h13-14H,7-12,15H2,1-6H3. The molecule has 1 fully saturated rings. The van der Waals surface area contributed by atoms with Gasteiger partial charge < -0.3 is 14.0 Å². The van der Waals surface area contributed by atoms with Crippen molar-refractivity contribution >= 4 is 7.32 Å². The van der Waals surface area contributed by atoms with Crippen molar-refractivity contribution in [2.24, 2.45) is 0 Å². The minimum atomic E-state index is -0.606. The number of rotatable bonds is 4. The lowest BCUT2D eigenvalue weighted by atomic mass is 9.75. The van der Waals surface area contributed by atoms with Gasteiger partial charge in [0.05, 0.1) is 0 Å². The summed E-state index contributed by atoms with van der Waals surface area (Å²) in [7, 11) is -0.606. The van der Waals surface area contributed by atoms with Crippen LogP contribution in [-0.4, -0.2) is 38.5 Å². The molecule has 0 saturated carbocycles. The summed E-state index contributed by atoms with van der Waals surface area (Å²) in [6.45, 7) is 17.8. The Labute approximate surface area is 159 Å². The van der Waals surface area contributed by atoms with Crippen molar-refractivity contribution in [2.45, 2.75) is 71.8 Å². The number of fused-ring (bicyclic) bond motifs is 4. The molecule has 0 N–H and O–H groups in total. The Morgan fingerprint density at radius 2 is 1.58 bits per heavy atom. The zero-order chi connectivity index (χ0) is 18.9. The van der Waals surface area contributed by atoms with Gasteiger partial charge in [-0.3, -0.25) is 4.90 Å². The van der Waals surface area contributed by atoms with Crippen LogP contribution in [0.5, 0.6) is 5.75 Å². The van der Waals surface area contributed by atoms with Gasteiger partial charge in [-0.25, -0.2) is 0 Å². The third kappa shape index (κ3) is 3.95. The average Bonchev–Trinajstić information content (AvgIpc) is 2.73. The largest absolute Gasteiger partial charge is 0.713 e. The van der Waals surface area contributed by atoms with Gasteiger partial charge >= 0.3 is 7.32 Å². The zero-order valence-corrected chi connectivity index (χ0v) is 17.4. The van der Waals surface area contributed by atoms with E-state index in [-0.39, 0.29) is 10.8 Å². The molecule has 0 aromatic heterocycles. The topological polar surface area (TPSA) is 30.9 Å². The van der Waals surface area contributed by atoms with Crippen LogP contribution in [0.25, 0.3) is 0 Å². The number of benzene rings is 1. The maximum atomic E-state index is 6.33. The van der Waals surface area contributed by atoms with E-state index in [1.807, 2.05) is 0 Å². The van der Waals surface area contributed by atoms with Crippen molar-refractivity contribution < 1.29 is 14.0 Å². The third-order valence-electron chi connectivity index (χ3n) is 6.38. The number of hydrogen-bond donors (Lipinski definition) is 0. The van der Waals surface area contributed by atoms with E-state index >= 15 is 0 Å². The van der Waals surface area contributed by atoms with Crippen LogP contribution in [0.15, 0.2) is 12.1 Å². The second-order valence-corrected chi connectivity index (χ2v) is 8.91. The molecule has 1 aromatic rings. The molecule has 26 heavy (non-hydrogen) atoms. The van der Waals surface area contributed by atoms with Crippen LogP contribution >= 0.6 is 0 Å². The van der Waals surface area contributed by atoms with E-state index in [2.05, 4.69) is 58.6 Å². The maximum Gasteiger partial charge on any atom is 0.713 e. The van der Waals surface area contributed by atoms with Crippen molar-refractivity contribution in [3.05, 3.63) is 28.8 Å². The fraction of sp³-hybridized carbons (Fsp3) is 0.714. The molecule has 144 valence electrons. The second-order valence-electron chi connectivity index (χ2n) is 8.91. The van der Waals surface area contributed by atoms with Crippen LogP contribution in [0.1, 0.15) is 71.1 Å². The molecule has 4 nitrogen and oxygen atoms in total. The molecular formula is C21H34BNO3. The van der Waals surface area contributed by atoms with Gasteiger partial charge in [0.1, 0.15) is 5.75 Å². The van der Waals surface area contributed by atoms with Crippen molar-refractivity contribution in [2.75, 3.05) is 26.3 Å². The van der Waals surface area contributed by atoms with Gasteiger partial charge in [-0.2, -0.15) is 0 Å². The molecule has 0 spiro atoms. The molecule has 1 saturated heterocycles. The van der Waals surface area contributed by atoms with Gasteiger partial charge in [0.15, 0.2) is 0 Å². The summed E-state index contributed by atoms with van der Waals surface area (Å²) in [5.41, 5.74) is 4.11. The smallest absolute Gasteiger partial charge is 0.511 e. The quantitative estimate of drug-likeness (QED) is 0.751. The lowest BCUT2D eigenvalue weighted by Gasteiger charge is -2.32. The number of hydrogen-bond acceptors (Lipinski definition) is 4. The van der Waals surface area contributed by atoms with Gasteiger partial charge in [-0.1, -0.05) is 53.7 Å². The lowest BCUT2D eigenvalue weighted by molar-refractivity contribution is 0.0826. The Bertz CT molecular complexity index is 634. The molecule has 0 unspecified atom stereocenters. The summed E-state index contributed by atoms with van der Waals surface area (Å²) in [5.74, 6) is 0.964. The van der Waals surface area contributed by atoms with Crippen LogP contribution in [0.4, 0.5) is 0 Å². The monoisotopic (exact) mass is 359 g/mol. The minimum Gasteiger partial charge on any atom is -0.511 e. The van der Waals surface area contributed by atoms with Crippen LogP contribution in [0, 0.1) is 0 Å². The molecule has 0 atom stereocenters. The van der Waals surface area contributed by atoms with E-state index in [1.54, 1.807) is 0 Å². The van der Waals surface area contributed by atoms with Gasteiger partial charge in [0.2, 0.25) is 0 Å². The molecule has 3 heterocycles. The first-order valence-electron chi connectivity index (χ1n) is 10.1. The zero-order valence-electron chi connectivity index (χ0n) is 17.4. The first-order valence-corrected chi connectivity index (χ1v) is 10.1. The van der Waals surface area contributed by atoms with E-state index in [4.69, 9.17) is 14.0 Å². The molecule has 0 radical (unpaired) electrons. The molecule has 5 heteroatoms. The van der Waals surface area contributed by atoms with E-state index < -0.39 is 7.32 Å². The van der Waals surface area contributed by atoms with Crippen LogP contribution in [-0.2, 0) is 26.7 Å². The Morgan fingerprint density at radius 3 is 2.15 bits per heavy atom. The Hall–Kier alpha value is -1.04. The van der Waals surface area contributed by atoms with E-state index in [0.29, 0.717) is 13.2 Å². The summed E-state index contributed by atoms with van der Waals surface area (Å²) in [6.07, 6.45) is 2.16. The second kappa shape index (κ2) is 7.53. The summed E-state index contributed by atoms with van der Waals surface area (Å²) >= 11 is 0. The van der Waals surface area contributed by atoms with Gasteiger partial charge in [-0.15, -0.1) is 0 Å². The van der Waals surface area contributed by atoms with Crippen molar-refractivity contribution in [1.29, 1.82) is 0 Å². The lowest BCUT2D eigenvalue weighted by Crippen LogP contribution is -2.39. The number of nitrogens with zero attached hydrogens (tertiary/aromatic N) is 1. The third-order valence-corrected chi connectivity index (χ3v) is 6.38. The Kier molecular flexibility index (Phi) is 5.71. The maximum absolute atomic E-state index is 6.33. The fourth-order valence-corrected chi connectivity index (χ4v) is 3.51. The Balaban J connectivity index is 2.19. The molecule has 0 amide bonds. The predicted molar refractivity (Wildman–Crippen MR) is 107 cm³/mol. The highest BCUT2D eigenvalue weighted by molar-refractivity contribution is 6.37. The van der Waals surface area contributed by atoms with E-state index in [0.717, 1.165) is 38.2 Å². The molecule has 0 aliphatic carbocycles. The molecular weight excluding hydrogens is 325 g/mol.